The average molecular weight is 427 g/mol. The van der Waals surface area contributed by atoms with Gasteiger partial charge in [-0.25, -0.2) is 9.67 Å². The third-order valence-electron chi connectivity index (χ3n) is 6.82. The number of piperidine rings is 1. The first-order chi connectivity index (χ1) is 15.1. The molecule has 2 fully saturated rings. The monoisotopic (exact) mass is 426 g/mol. The van der Waals surface area contributed by atoms with Gasteiger partial charge < -0.3 is 15.5 Å². The van der Waals surface area contributed by atoms with Gasteiger partial charge in [-0.2, -0.15) is 5.10 Å². The number of nitrogens with one attached hydrogen (secondary N) is 2. The molecule has 170 valence electrons. The number of carbonyl (C=O) groups is 1. The van der Waals surface area contributed by atoms with Crippen LogP contribution in [0.4, 0.5) is 5.82 Å². The summed E-state index contributed by atoms with van der Waals surface area (Å²) in [4.78, 5) is 20.3. The summed E-state index contributed by atoms with van der Waals surface area (Å²) in [5.41, 5.74) is 1.25. The lowest BCUT2D eigenvalue weighted by Crippen LogP contribution is -2.44. The predicted molar refractivity (Wildman–Crippen MR) is 125 cm³/mol. The van der Waals surface area contributed by atoms with Crippen LogP contribution in [-0.2, 0) is 7.05 Å². The van der Waals surface area contributed by atoms with Crippen molar-refractivity contribution in [1.82, 2.24) is 25.0 Å². The predicted octanol–water partition coefficient (Wildman–Crippen LogP) is 4.10. The number of aromatic nitrogens is 3. The van der Waals surface area contributed by atoms with Crippen molar-refractivity contribution >= 4 is 22.8 Å². The van der Waals surface area contributed by atoms with Gasteiger partial charge in [-0.15, -0.1) is 0 Å². The molecule has 0 bridgehead atoms. The summed E-state index contributed by atoms with van der Waals surface area (Å²) in [6.45, 7) is 5.47. The number of hydrogen-bond acceptors (Lipinski definition) is 5. The quantitative estimate of drug-likeness (QED) is 0.727. The molecule has 7 nitrogen and oxygen atoms in total. The van der Waals surface area contributed by atoms with Crippen LogP contribution in [0.2, 0.25) is 0 Å². The first kappa shape index (κ1) is 22.1. The number of anilines is 1. The van der Waals surface area contributed by atoms with Crippen molar-refractivity contribution in [1.29, 1.82) is 0 Å². The van der Waals surface area contributed by atoms with Gasteiger partial charge in [-0.1, -0.05) is 39.0 Å². The summed E-state index contributed by atoms with van der Waals surface area (Å²) in [6.07, 6.45) is 12.2. The van der Waals surface area contributed by atoms with Gasteiger partial charge in [-0.3, -0.25) is 4.79 Å². The van der Waals surface area contributed by atoms with Crippen molar-refractivity contribution in [3.63, 3.8) is 0 Å². The lowest BCUT2D eigenvalue weighted by Gasteiger charge is -2.31. The van der Waals surface area contributed by atoms with Crippen molar-refractivity contribution in [2.75, 3.05) is 25.0 Å². The van der Waals surface area contributed by atoms with E-state index in [4.69, 9.17) is 4.98 Å². The van der Waals surface area contributed by atoms with Crippen molar-refractivity contribution in [3.05, 3.63) is 17.8 Å². The standard InChI is InChI=1S/C24H38N6O/c1-3-15-30-16-13-19(14-17-30)26-24(31)22-20-11-12-21(27-23(20)29(2)28-22)25-18-9-7-5-4-6-8-10-18/h11-12,18-19H,3-10,13-17H2,1-2H3,(H,25,27)(H,26,31). The minimum absolute atomic E-state index is 0.0814. The lowest BCUT2D eigenvalue weighted by atomic mass is 9.97. The Balaban J connectivity index is 1.41. The number of aryl methyl sites for hydroxylation is 1. The zero-order valence-electron chi connectivity index (χ0n) is 19.2. The maximum Gasteiger partial charge on any atom is 0.272 e. The van der Waals surface area contributed by atoms with E-state index in [-0.39, 0.29) is 11.9 Å². The van der Waals surface area contributed by atoms with Gasteiger partial charge in [0.25, 0.3) is 5.91 Å². The van der Waals surface area contributed by atoms with E-state index in [9.17, 15) is 4.79 Å². The SMILES string of the molecule is CCCN1CCC(NC(=O)c2nn(C)c3nc(NC4CCCCCCC4)ccc23)CC1. The van der Waals surface area contributed by atoms with Crippen molar-refractivity contribution in [2.45, 2.75) is 83.2 Å². The molecule has 1 aliphatic heterocycles. The van der Waals surface area contributed by atoms with Crippen LogP contribution in [0.5, 0.6) is 0 Å². The molecule has 2 N–H and O–H groups in total. The van der Waals surface area contributed by atoms with Crippen LogP contribution < -0.4 is 10.6 Å². The van der Waals surface area contributed by atoms with Gasteiger partial charge >= 0.3 is 0 Å². The number of fused-ring (bicyclic) bond motifs is 1. The molecule has 7 heteroatoms. The van der Waals surface area contributed by atoms with Gasteiger partial charge in [0.2, 0.25) is 0 Å². The zero-order valence-corrected chi connectivity index (χ0v) is 19.2. The van der Waals surface area contributed by atoms with Crippen molar-refractivity contribution in [3.8, 4) is 0 Å². The fraction of sp³-hybridized carbons (Fsp3) is 0.708. The van der Waals surface area contributed by atoms with Gasteiger partial charge in [0.05, 0.1) is 5.39 Å². The first-order valence-electron chi connectivity index (χ1n) is 12.3. The lowest BCUT2D eigenvalue weighted by molar-refractivity contribution is 0.0907. The Bertz CT molecular complexity index is 862. The fourth-order valence-corrected chi connectivity index (χ4v) is 5.06. The van der Waals surface area contributed by atoms with E-state index in [1.54, 1.807) is 4.68 Å². The van der Waals surface area contributed by atoms with Crippen LogP contribution in [0.25, 0.3) is 11.0 Å². The molecule has 1 saturated carbocycles. The number of rotatable bonds is 6. The molecule has 0 atom stereocenters. The van der Waals surface area contributed by atoms with E-state index in [0.717, 1.165) is 49.3 Å². The third kappa shape index (κ3) is 5.56. The van der Waals surface area contributed by atoms with E-state index in [2.05, 4.69) is 27.6 Å². The average Bonchev–Trinajstić information content (AvgIpc) is 3.08. The Morgan fingerprint density at radius 3 is 2.45 bits per heavy atom. The van der Waals surface area contributed by atoms with Gasteiger partial charge in [0.15, 0.2) is 11.3 Å². The van der Waals surface area contributed by atoms with E-state index >= 15 is 0 Å². The van der Waals surface area contributed by atoms with Crippen LogP contribution in [0.3, 0.4) is 0 Å². The highest BCUT2D eigenvalue weighted by Crippen LogP contribution is 2.23. The van der Waals surface area contributed by atoms with Crippen LogP contribution in [0, 0.1) is 0 Å². The summed E-state index contributed by atoms with van der Waals surface area (Å²) in [7, 11) is 1.87. The molecular weight excluding hydrogens is 388 g/mol. The second-order valence-electron chi connectivity index (χ2n) is 9.32. The van der Waals surface area contributed by atoms with Crippen molar-refractivity contribution < 1.29 is 4.79 Å². The molecule has 2 aliphatic rings. The molecule has 0 radical (unpaired) electrons. The van der Waals surface area contributed by atoms with E-state index in [0.29, 0.717) is 11.7 Å². The highest BCUT2D eigenvalue weighted by atomic mass is 16.2. The second-order valence-corrected chi connectivity index (χ2v) is 9.32. The molecule has 2 aromatic rings. The summed E-state index contributed by atoms with van der Waals surface area (Å²) >= 11 is 0. The number of nitrogens with zero attached hydrogens (tertiary/aromatic N) is 4. The molecule has 1 saturated heterocycles. The molecular formula is C24H38N6O. The van der Waals surface area contributed by atoms with Crippen LogP contribution in [0.15, 0.2) is 12.1 Å². The number of amides is 1. The molecule has 2 aromatic heterocycles. The second kappa shape index (κ2) is 10.4. The van der Waals surface area contributed by atoms with Crippen molar-refractivity contribution in [2.24, 2.45) is 7.05 Å². The molecule has 31 heavy (non-hydrogen) atoms. The summed E-state index contributed by atoms with van der Waals surface area (Å²) < 4.78 is 1.73. The van der Waals surface area contributed by atoms with Gasteiger partial charge in [0.1, 0.15) is 5.82 Å². The minimum atomic E-state index is -0.0814. The molecule has 0 unspecified atom stereocenters. The number of carbonyl (C=O) groups excluding carboxylic acids is 1. The van der Waals surface area contributed by atoms with Crippen LogP contribution >= 0.6 is 0 Å². The maximum absolute atomic E-state index is 13.0. The Hall–Kier alpha value is -2.15. The highest BCUT2D eigenvalue weighted by molar-refractivity contribution is 6.04. The van der Waals surface area contributed by atoms with E-state index in [1.165, 1.54) is 51.4 Å². The van der Waals surface area contributed by atoms with Gasteiger partial charge in [-0.05, 0) is 50.8 Å². The maximum atomic E-state index is 13.0. The first-order valence-corrected chi connectivity index (χ1v) is 12.3. The Morgan fingerprint density at radius 1 is 1.03 bits per heavy atom. The van der Waals surface area contributed by atoms with Crippen LogP contribution in [0.1, 0.15) is 81.6 Å². The Labute approximate surface area is 186 Å². The summed E-state index contributed by atoms with van der Waals surface area (Å²) in [5.74, 6) is 0.804. The molecule has 4 rings (SSSR count). The molecule has 0 spiro atoms. The normalized spacial score (nSPS) is 19.8. The largest absolute Gasteiger partial charge is 0.367 e. The van der Waals surface area contributed by atoms with Gasteiger partial charge in [0, 0.05) is 32.2 Å². The Morgan fingerprint density at radius 2 is 1.74 bits per heavy atom. The highest BCUT2D eigenvalue weighted by Gasteiger charge is 2.24. The zero-order chi connectivity index (χ0) is 21.6. The fourth-order valence-electron chi connectivity index (χ4n) is 5.06. The topological polar surface area (TPSA) is 75.1 Å². The smallest absolute Gasteiger partial charge is 0.272 e. The molecule has 3 heterocycles. The number of hydrogen-bond donors (Lipinski definition) is 2. The third-order valence-corrected chi connectivity index (χ3v) is 6.82. The van der Waals surface area contributed by atoms with E-state index < -0.39 is 0 Å². The molecule has 0 aromatic carbocycles. The molecule has 1 amide bonds. The van der Waals surface area contributed by atoms with E-state index in [1.807, 2.05) is 19.2 Å². The Kier molecular flexibility index (Phi) is 7.43. The summed E-state index contributed by atoms with van der Waals surface area (Å²) in [5, 5.41) is 12.2. The molecule has 1 aliphatic carbocycles. The number of likely N-dealkylation sites (tertiary alicyclic amines) is 1. The van der Waals surface area contributed by atoms with Crippen LogP contribution in [-0.4, -0.2) is 57.3 Å². The summed E-state index contributed by atoms with van der Waals surface area (Å²) in [6, 6.07) is 4.72. The minimum Gasteiger partial charge on any atom is -0.367 e. The number of pyridine rings is 1.